The highest BCUT2D eigenvalue weighted by molar-refractivity contribution is 4.95. The number of nitrogens with zero attached hydrogens (tertiary/aromatic N) is 1. The van der Waals surface area contributed by atoms with Crippen LogP contribution in [0.3, 0.4) is 0 Å². The molecule has 0 radical (unpaired) electrons. The van der Waals surface area contributed by atoms with Crippen LogP contribution in [0.2, 0.25) is 0 Å². The van der Waals surface area contributed by atoms with E-state index in [2.05, 4.69) is 38.6 Å². The van der Waals surface area contributed by atoms with Crippen molar-refractivity contribution in [3.8, 4) is 12.3 Å². The highest BCUT2D eigenvalue weighted by Gasteiger charge is 2.41. The van der Waals surface area contributed by atoms with Gasteiger partial charge in [-0.25, -0.2) is 0 Å². The SMILES string of the molecule is C#CCN(C)CC1CCC(N)C(C)C1(C)C. The van der Waals surface area contributed by atoms with Crippen LogP contribution in [0.5, 0.6) is 0 Å². The fraction of sp³-hybridized carbons (Fsp3) is 0.857. The zero-order valence-electron chi connectivity index (χ0n) is 11.2. The third-order valence-corrected chi connectivity index (χ3v) is 4.61. The second-order valence-corrected chi connectivity index (χ2v) is 5.95. The number of hydrogen-bond donors (Lipinski definition) is 1. The Balaban J connectivity index is 2.64. The standard InChI is InChI=1S/C14H26N2/c1-6-9-16(5)10-12-7-8-13(15)11(2)14(12,3)4/h1,11-13H,7-10,15H2,2-5H3. The van der Waals surface area contributed by atoms with Crippen molar-refractivity contribution >= 4 is 0 Å². The summed E-state index contributed by atoms with van der Waals surface area (Å²) in [6, 6.07) is 0.365. The Morgan fingerprint density at radius 2 is 2.06 bits per heavy atom. The number of nitrogens with two attached hydrogens (primary N) is 1. The van der Waals surface area contributed by atoms with E-state index in [-0.39, 0.29) is 0 Å². The minimum atomic E-state index is 0.320. The monoisotopic (exact) mass is 222 g/mol. The molecule has 2 heteroatoms. The van der Waals surface area contributed by atoms with E-state index in [0.717, 1.165) is 19.5 Å². The molecule has 1 fully saturated rings. The Morgan fingerprint density at radius 3 is 2.62 bits per heavy atom. The molecule has 0 aliphatic heterocycles. The van der Waals surface area contributed by atoms with Crippen LogP contribution in [-0.2, 0) is 0 Å². The normalized spacial score (nSPS) is 33.7. The van der Waals surface area contributed by atoms with Crippen LogP contribution in [-0.4, -0.2) is 31.1 Å². The van der Waals surface area contributed by atoms with Gasteiger partial charge in [-0.2, -0.15) is 0 Å². The molecular weight excluding hydrogens is 196 g/mol. The van der Waals surface area contributed by atoms with Crippen molar-refractivity contribution in [1.29, 1.82) is 0 Å². The molecule has 1 aliphatic rings. The van der Waals surface area contributed by atoms with Gasteiger partial charge in [0.25, 0.3) is 0 Å². The number of hydrogen-bond acceptors (Lipinski definition) is 2. The largest absolute Gasteiger partial charge is 0.327 e. The van der Waals surface area contributed by atoms with E-state index < -0.39 is 0 Å². The maximum atomic E-state index is 6.16. The van der Waals surface area contributed by atoms with E-state index in [0.29, 0.717) is 23.3 Å². The Hall–Kier alpha value is -0.520. The lowest BCUT2D eigenvalue weighted by molar-refractivity contribution is 0.0361. The molecule has 0 aromatic carbocycles. The lowest BCUT2D eigenvalue weighted by Crippen LogP contribution is -2.49. The van der Waals surface area contributed by atoms with Crippen molar-refractivity contribution in [3.63, 3.8) is 0 Å². The van der Waals surface area contributed by atoms with Gasteiger partial charge in [-0.1, -0.05) is 26.7 Å². The minimum absolute atomic E-state index is 0.320. The van der Waals surface area contributed by atoms with Crippen LogP contribution in [0.4, 0.5) is 0 Å². The van der Waals surface area contributed by atoms with E-state index in [1.807, 2.05) is 0 Å². The number of terminal acetylenes is 1. The predicted molar refractivity (Wildman–Crippen MR) is 70.0 cm³/mol. The van der Waals surface area contributed by atoms with Gasteiger partial charge in [-0.15, -0.1) is 6.42 Å². The van der Waals surface area contributed by atoms with Crippen molar-refractivity contribution < 1.29 is 0 Å². The van der Waals surface area contributed by atoms with Crippen molar-refractivity contribution in [2.75, 3.05) is 20.1 Å². The Kier molecular flexibility index (Phi) is 4.41. The first-order chi connectivity index (χ1) is 7.39. The van der Waals surface area contributed by atoms with Crippen molar-refractivity contribution in [2.24, 2.45) is 23.0 Å². The summed E-state index contributed by atoms with van der Waals surface area (Å²) in [6.45, 7) is 8.83. The molecule has 16 heavy (non-hydrogen) atoms. The lowest BCUT2D eigenvalue weighted by atomic mass is 9.61. The van der Waals surface area contributed by atoms with Crippen LogP contribution in [0.25, 0.3) is 0 Å². The summed E-state index contributed by atoms with van der Waals surface area (Å²) in [4.78, 5) is 2.25. The summed E-state index contributed by atoms with van der Waals surface area (Å²) in [5.74, 6) is 4.00. The molecule has 92 valence electrons. The highest BCUT2D eigenvalue weighted by Crippen LogP contribution is 2.44. The Bertz CT molecular complexity index is 264. The van der Waals surface area contributed by atoms with E-state index in [1.165, 1.54) is 6.42 Å². The fourth-order valence-corrected chi connectivity index (χ4v) is 2.86. The van der Waals surface area contributed by atoms with Gasteiger partial charge < -0.3 is 5.73 Å². The summed E-state index contributed by atoms with van der Waals surface area (Å²) in [7, 11) is 2.11. The molecule has 0 amide bonds. The average Bonchev–Trinajstić information content (AvgIpc) is 2.20. The molecule has 1 aliphatic carbocycles. The van der Waals surface area contributed by atoms with Crippen LogP contribution in [0.1, 0.15) is 33.6 Å². The third kappa shape index (κ3) is 2.78. The van der Waals surface area contributed by atoms with Crippen molar-refractivity contribution in [1.82, 2.24) is 4.90 Å². The molecule has 2 N–H and O–H groups in total. The summed E-state index contributed by atoms with van der Waals surface area (Å²) < 4.78 is 0. The Morgan fingerprint density at radius 1 is 1.44 bits per heavy atom. The topological polar surface area (TPSA) is 29.3 Å². The molecular formula is C14H26N2. The van der Waals surface area contributed by atoms with Crippen LogP contribution in [0.15, 0.2) is 0 Å². The first kappa shape index (κ1) is 13.5. The first-order valence-electron chi connectivity index (χ1n) is 6.27. The molecule has 0 spiro atoms. The molecule has 0 aromatic rings. The van der Waals surface area contributed by atoms with Gasteiger partial charge in [0.1, 0.15) is 0 Å². The maximum Gasteiger partial charge on any atom is 0.0596 e. The van der Waals surface area contributed by atoms with Crippen molar-refractivity contribution in [3.05, 3.63) is 0 Å². The first-order valence-corrected chi connectivity index (χ1v) is 6.27. The zero-order valence-corrected chi connectivity index (χ0v) is 11.2. The third-order valence-electron chi connectivity index (χ3n) is 4.61. The second kappa shape index (κ2) is 5.21. The molecule has 0 heterocycles. The molecule has 0 aromatic heterocycles. The lowest BCUT2D eigenvalue weighted by Gasteiger charge is -2.48. The summed E-state index contributed by atoms with van der Waals surface area (Å²) >= 11 is 0. The maximum absolute atomic E-state index is 6.16. The van der Waals surface area contributed by atoms with Gasteiger partial charge in [0.05, 0.1) is 6.54 Å². The Labute approximate surface area is 101 Å². The number of rotatable bonds is 3. The fourth-order valence-electron chi connectivity index (χ4n) is 2.86. The smallest absolute Gasteiger partial charge is 0.0596 e. The van der Waals surface area contributed by atoms with Gasteiger partial charge in [0, 0.05) is 12.6 Å². The highest BCUT2D eigenvalue weighted by atomic mass is 15.1. The van der Waals surface area contributed by atoms with Crippen LogP contribution < -0.4 is 5.73 Å². The molecule has 1 rings (SSSR count). The van der Waals surface area contributed by atoms with Crippen LogP contribution in [0, 0.1) is 29.6 Å². The quantitative estimate of drug-likeness (QED) is 0.740. The molecule has 0 bridgehead atoms. The van der Waals surface area contributed by atoms with E-state index >= 15 is 0 Å². The molecule has 2 nitrogen and oxygen atoms in total. The minimum Gasteiger partial charge on any atom is -0.327 e. The predicted octanol–water partition coefficient (Wildman–Crippen LogP) is 1.95. The van der Waals surface area contributed by atoms with Gasteiger partial charge in [0.15, 0.2) is 0 Å². The summed E-state index contributed by atoms with van der Waals surface area (Å²) in [5, 5.41) is 0. The van der Waals surface area contributed by atoms with E-state index in [4.69, 9.17) is 12.2 Å². The zero-order chi connectivity index (χ0) is 12.3. The van der Waals surface area contributed by atoms with Gasteiger partial charge in [-0.05, 0) is 37.1 Å². The van der Waals surface area contributed by atoms with Crippen LogP contribution >= 0.6 is 0 Å². The average molecular weight is 222 g/mol. The van der Waals surface area contributed by atoms with Crippen molar-refractivity contribution in [2.45, 2.75) is 39.7 Å². The summed E-state index contributed by atoms with van der Waals surface area (Å²) in [6.07, 6.45) is 7.72. The van der Waals surface area contributed by atoms with Gasteiger partial charge >= 0.3 is 0 Å². The van der Waals surface area contributed by atoms with E-state index in [1.54, 1.807) is 0 Å². The second-order valence-electron chi connectivity index (χ2n) is 5.95. The molecule has 0 saturated heterocycles. The molecule has 3 unspecified atom stereocenters. The molecule has 3 atom stereocenters. The summed E-state index contributed by atoms with van der Waals surface area (Å²) in [5.41, 5.74) is 6.48. The van der Waals surface area contributed by atoms with Gasteiger partial charge in [0.2, 0.25) is 0 Å². The van der Waals surface area contributed by atoms with Gasteiger partial charge in [-0.3, -0.25) is 4.90 Å². The molecule has 1 saturated carbocycles. The van der Waals surface area contributed by atoms with E-state index in [9.17, 15) is 0 Å².